The number of piperidine rings is 1. The molecule has 3 heterocycles. The number of likely N-dealkylation sites (tertiary alicyclic amines) is 1. The highest BCUT2D eigenvalue weighted by Crippen LogP contribution is 2.40. The zero-order valence-electron chi connectivity index (χ0n) is 16.9. The second-order valence-corrected chi connectivity index (χ2v) is 7.99. The molecule has 0 bridgehead atoms. The fraction of sp³-hybridized carbons (Fsp3) is 0.500. The molecule has 1 unspecified atom stereocenters. The Balaban J connectivity index is 1.62. The quantitative estimate of drug-likeness (QED) is 0.593. The van der Waals surface area contributed by atoms with E-state index in [-0.39, 0.29) is 11.7 Å². The summed E-state index contributed by atoms with van der Waals surface area (Å²) in [4.78, 5) is 6.89. The van der Waals surface area contributed by atoms with E-state index < -0.39 is 0 Å². The highest BCUT2D eigenvalue weighted by Gasteiger charge is 2.23. The number of pyridine rings is 1. The molecule has 0 radical (unpaired) electrons. The number of rotatable bonds is 6. The maximum atomic E-state index is 10.6. The van der Waals surface area contributed by atoms with Gasteiger partial charge in [0, 0.05) is 13.1 Å². The minimum atomic E-state index is 0.132. The third kappa shape index (κ3) is 4.41. The molecule has 29 heavy (non-hydrogen) atoms. The van der Waals surface area contributed by atoms with Crippen LogP contribution in [-0.2, 0) is 0 Å². The van der Waals surface area contributed by atoms with Crippen LogP contribution in [0.4, 0.5) is 11.5 Å². The number of hydrogen-bond donors (Lipinski definition) is 4. The van der Waals surface area contributed by atoms with Crippen molar-refractivity contribution < 1.29 is 9.84 Å². The summed E-state index contributed by atoms with van der Waals surface area (Å²) in [5.41, 5.74) is 15.1. The lowest BCUT2D eigenvalue weighted by Gasteiger charge is -2.25. The Hall–Kier alpha value is -2.51. The van der Waals surface area contributed by atoms with Crippen molar-refractivity contribution in [1.29, 1.82) is 0 Å². The smallest absolute Gasteiger partial charge is 0.147 e. The number of phenolic OH excluding ortho intramolecular Hbond substituents is 1. The van der Waals surface area contributed by atoms with Crippen LogP contribution < -0.4 is 21.5 Å². The maximum absolute atomic E-state index is 10.6. The summed E-state index contributed by atoms with van der Waals surface area (Å²) in [5, 5.41) is 14.0. The number of aromatic nitrogens is 1. The van der Waals surface area contributed by atoms with E-state index in [0.29, 0.717) is 35.1 Å². The van der Waals surface area contributed by atoms with Crippen molar-refractivity contribution >= 4 is 11.5 Å². The summed E-state index contributed by atoms with van der Waals surface area (Å²) in [6, 6.07) is 7.27. The Morgan fingerprint density at radius 2 is 2.03 bits per heavy atom. The number of aromatic hydroxyl groups is 1. The molecule has 2 saturated heterocycles. The molecule has 2 aliphatic rings. The molecule has 2 fully saturated rings. The predicted octanol–water partition coefficient (Wildman–Crippen LogP) is 2.56. The fourth-order valence-electron chi connectivity index (χ4n) is 4.37. The number of nitrogens with zero attached hydrogens (tertiary/aromatic N) is 2. The normalized spacial score (nSPS) is 20.1. The van der Waals surface area contributed by atoms with Crippen LogP contribution >= 0.6 is 0 Å². The van der Waals surface area contributed by atoms with Crippen LogP contribution in [0.5, 0.6) is 11.5 Å². The van der Waals surface area contributed by atoms with Gasteiger partial charge in [-0.05, 0) is 75.0 Å². The average molecular weight is 398 g/mol. The largest absolute Gasteiger partial charge is 0.507 e. The number of nitrogens with one attached hydrogen (secondary N) is 1. The van der Waals surface area contributed by atoms with Gasteiger partial charge in [-0.3, -0.25) is 4.90 Å². The van der Waals surface area contributed by atoms with Crippen LogP contribution in [0.25, 0.3) is 11.3 Å². The van der Waals surface area contributed by atoms with Gasteiger partial charge in [-0.1, -0.05) is 6.07 Å². The fourth-order valence-corrected chi connectivity index (χ4v) is 4.37. The minimum absolute atomic E-state index is 0.132. The van der Waals surface area contributed by atoms with E-state index in [0.717, 1.165) is 51.1 Å². The second-order valence-electron chi connectivity index (χ2n) is 7.99. The SMILES string of the molecule is Nc1nc(-c2c(O)cccc2OCCN2CCCC2)cc(C2CCCNC2)c1N. The van der Waals surface area contributed by atoms with Crippen molar-refractivity contribution in [3.05, 3.63) is 29.8 Å². The van der Waals surface area contributed by atoms with Crippen LogP contribution in [0.2, 0.25) is 0 Å². The maximum Gasteiger partial charge on any atom is 0.147 e. The summed E-state index contributed by atoms with van der Waals surface area (Å²) >= 11 is 0. The molecule has 4 rings (SSSR count). The van der Waals surface area contributed by atoms with Crippen LogP contribution in [0.1, 0.15) is 37.2 Å². The molecule has 1 aromatic heterocycles. The molecule has 0 saturated carbocycles. The molecule has 2 aromatic rings. The van der Waals surface area contributed by atoms with E-state index >= 15 is 0 Å². The number of nitrogens with two attached hydrogens (primary N) is 2. The van der Waals surface area contributed by atoms with Gasteiger partial charge in [-0.2, -0.15) is 0 Å². The monoisotopic (exact) mass is 397 g/mol. The van der Waals surface area contributed by atoms with Crippen molar-refractivity contribution in [2.24, 2.45) is 0 Å². The summed E-state index contributed by atoms with van der Waals surface area (Å²) in [5.74, 6) is 1.34. The molecule has 7 nitrogen and oxygen atoms in total. The number of phenols is 1. The number of ether oxygens (including phenoxy) is 1. The van der Waals surface area contributed by atoms with E-state index in [9.17, 15) is 5.11 Å². The summed E-state index contributed by atoms with van der Waals surface area (Å²) in [6.45, 7) is 5.60. The first kappa shape index (κ1) is 19.8. The topological polar surface area (TPSA) is 110 Å². The summed E-state index contributed by atoms with van der Waals surface area (Å²) in [7, 11) is 0. The average Bonchev–Trinajstić information content (AvgIpc) is 3.24. The van der Waals surface area contributed by atoms with E-state index in [1.165, 1.54) is 12.8 Å². The van der Waals surface area contributed by atoms with Crippen molar-refractivity contribution in [2.75, 3.05) is 50.8 Å². The van der Waals surface area contributed by atoms with Crippen molar-refractivity contribution in [3.63, 3.8) is 0 Å². The van der Waals surface area contributed by atoms with Crippen LogP contribution in [-0.4, -0.2) is 54.3 Å². The first-order chi connectivity index (χ1) is 14.1. The minimum Gasteiger partial charge on any atom is -0.507 e. The van der Waals surface area contributed by atoms with Gasteiger partial charge < -0.3 is 26.6 Å². The molecule has 1 atom stereocenters. The van der Waals surface area contributed by atoms with Gasteiger partial charge in [0.1, 0.15) is 23.9 Å². The molecule has 1 aromatic carbocycles. The first-order valence-corrected chi connectivity index (χ1v) is 10.6. The van der Waals surface area contributed by atoms with Gasteiger partial charge in [0.2, 0.25) is 0 Å². The Morgan fingerprint density at radius 1 is 1.21 bits per heavy atom. The van der Waals surface area contributed by atoms with E-state index in [4.69, 9.17) is 16.2 Å². The van der Waals surface area contributed by atoms with Gasteiger partial charge in [0.25, 0.3) is 0 Å². The lowest BCUT2D eigenvalue weighted by atomic mass is 9.89. The lowest BCUT2D eigenvalue weighted by Crippen LogP contribution is -2.29. The second kappa shape index (κ2) is 8.88. The summed E-state index contributed by atoms with van der Waals surface area (Å²) < 4.78 is 6.06. The Morgan fingerprint density at radius 3 is 2.79 bits per heavy atom. The van der Waals surface area contributed by atoms with Gasteiger partial charge in [-0.25, -0.2) is 4.98 Å². The molecule has 7 heteroatoms. The number of anilines is 2. The Bertz CT molecular complexity index is 845. The molecule has 0 aliphatic carbocycles. The van der Waals surface area contributed by atoms with E-state index in [1.807, 2.05) is 12.1 Å². The molecule has 6 N–H and O–H groups in total. The number of hydrogen-bond acceptors (Lipinski definition) is 7. The molecule has 156 valence electrons. The first-order valence-electron chi connectivity index (χ1n) is 10.6. The van der Waals surface area contributed by atoms with Crippen molar-refractivity contribution in [2.45, 2.75) is 31.6 Å². The third-order valence-electron chi connectivity index (χ3n) is 5.98. The molecular formula is C22H31N5O2. The van der Waals surface area contributed by atoms with Gasteiger partial charge in [-0.15, -0.1) is 0 Å². The van der Waals surface area contributed by atoms with Gasteiger partial charge in [0.15, 0.2) is 0 Å². The highest BCUT2D eigenvalue weighted by molar-refractivity contribution is 5.78. The number of nitrogen functional groups attached to an aromatic ring is 2. The predicted molar refractivity (Wildman–Crippen MR) is 116 cm³/mol. The van der Waals surface area contributed by atoms with Crippen molar-refractivity contribution in [1.82, 2.24) is 15.2 Å². The van der Waals surface area contributed by atoms with Crippen LogP contribution in [0.15, 0.2) is 24.3 Å². The zero-order valence-corrected chi connectivity index (χ0v) is 16.9. The molecule has 0 spiro atoms. The summed E-state index contributed by atoms with van der Waals surface area (Å²) in [6.07, 6.45) is 4.67. The van der Waals surface area contributed by atoms with Gasteiger partial charge in [0.05, 0.1) is 16.9 Å². The third-order valence-corrected chi connectivity index (χ3v) is 5.98. The Labute approximate surface area is 172 Å². The number of benzene rings is 1. The molecular weight excluding hydrogens is 366 g/mol. The zero-order chi connectivity index (χ0) is 20.2. The van der Waals surface area contributed by atoms with Crippen LogP contribution in [0.3, 0.4) is 0 Å². The lowest BCUT2D eigenvalue weighted by molar-refractivity contribution is 0.238. The standard InChI is InChI=1S/C22H31N5O2/c23-21-16(15-5-4-8-25-14-15)13-17(26-22(21)24)20-18(28)6-3-7-19(20)29-12-11-27-9-1-2-10-27/h3,6-7,13,15,25,28H,1-2,4-5,8-12,14,23H2,(H2,24,26). The van der Waals surface area contributed by atoms with E-state index in [2.05, 4.69) is 15.2 Å². The molecule has 2 aliphatic heterocycles. The highest BCUT2D eigenvalue weighted by atomic mass is 16.5. The van der Waals surface area contributed by atoms with Crippen LogP contribution in [0, 0.1) is 0 Å². The Kier molecular flexibility index (Phi) is 6.06. The molecule has 0 amide bonds. The van der Waals surface area contributed by atoms with Gasteiger partial charge >= 0.3 is 0 Å². The van der Waals surface area contributed by atoms with E-state index in [1.54, 1.807) is 12.1 Å². The van der Waals surface area contributed by atoms with Crippen molar-refractivity contribution in [3.8, 4) is 22.8 Å².